The first-order valence-electron chi connectivity index (χ1n) is 11.0. The fourth-order valence-corrected chi connectivity index (χ4v) is 5.91. The van der Waals surface area contributed by atoms with Crippen LogP contribution < -0.4 is 10.2 Å². The van der Waals surface area contributed by atoms with Gasteiger partial charge in [-0.05, 0) is 63.1 Å². The van der Waals surface area contributed by atoms with Crippen LogP contribution in [0.4, 0.5) is 10.8 Å². The first-order valence-corrected chi connectivity index (χ1v) is 11.8. The summed E-state index contributed by atoms with van der Waals surface area (Å²) in [5.74, 6) is 0.798. The molecular formula is C24H28N4OS. The summed E-state index contributed by atoms with van der Waals surface area (Å²) in [5, 5.41) is 5.08. The van der Waals surface area contributed by atoms with Gasteiger partial charge in [-0.2, -0.15) is 0 Å². The Hall–Kier alpha value is -2.47. The Morgan fingerprint density at radius 1 is 1.27 bits per heavy atom. The van der Waals surface area contributed by atoms with Crippen LogP contribution in [0.25, 0.3) is 10.9 Å². The molecule has 1 amide bonds. The van der Waals surface area contributed by atoms with Gasteiger partial charge in [0.1, 0.15) is 0 Å². The van der Waals surface area contributed by atoms with Crippen molar-refractivity contribution < 1.29 is 4.79 Å². The smallest absolute Gasteiger partial charge is 0.231 e. The van der Waals surface area contributed by atoms with Gasteiger partial charge in [-0.1, -0.05) is 18.6 Å². The van der Waals surface area contributed by atoms with E-state index in [1.165, 1.54) is 33.6 Å². The van der Waals surface area contributed by atoms with Gasteiger partial charge < -0.3 is 10.2 Å². The summed E-state index contributed by atoms with van der Waals surface area (Å²) in [7, 11) is 0. The Morgan fingerprint density at radius 3 is 3.07 bits per heavy atom. The standard InChI is InChI=1S/C24H28N4OS/c1-15-5-7-19-18(12-15)21(9-10-25-19)28-11-3-4-17(14-28)23(29)27-24-26-20-8-6-16(2)13-22(20)30-24/h5,7,9-10,12,16-17H,3-4,6,8,11,13-14H2,1-2H3,(H,26,27,29). The Morgan fingerprint density at radius 2 is 2.17 bits per heavy atom. The van der Waals surface area contributed by atoms with Gasteiger partial charge in [0.25, 0.3) is 0 Å². The van der Waals surface area contributed by atoms with E-state index < -0.39 is 0 Å². The molecule has 0 saturated carbocycles. The zero-order chi connectivity index (χ0) is 20.7. The van der Waals surface area contributed by atoms with E-state index >= 15 is 0 Å². The lowest BCUT2D eigenvalue weighted by Crippen LogP contribution is -2.40. The van der Waals surface area contributed by atoms with Crippen molar-refractivity contribution in [2.24, 2.45) is 11.8 Å². The molecule has 2 atom stereocenters. The number of rotatable bonds is 3. The number of anilines is 2. The molecule has 3 aromatic rings. The van der Waals surface area contributed by atoms with E-state index in [-0.39, 0.29) is 11.8 Å². The quantitative estimate of drug-likeness (QED) is 0.649. The summed E-state index contributed by atoms with van der Waals surface area (Å²) < 4.78 is 0. The number of nitrogens with zero attached hydrogens (tertiary/aromatic N) is 3. The van der Waals surface area contributed by atoms with Gasteiger partial charge in [-0.3, -0.25) is 9.78 Å². The number of carbonyl (C=O) groups excluding carboxylic acids is 1. The van der Waals surface area contributed by atoms with E-state index in [2.05, 4.69) is 53.3 Å². The van der Waals surface area contributed by atoms with Gasteiger partial charge in [-0.25, -0.2) is 4.98 Å². The number of amides is 1. The molecule has 2 unspecified atom stereocenters. The van der Waals surface area contributed by atoms with Crippen LogP contribution >= 0.6 is 11.3 Å². The molecule has 5 rings (SSSR count). The maximum atomic E-state index is 13.1. The van der Waals surface area contributed by atoms with Crippen LogP contribution in [-0.2, 0) is 17.6 Å². The molecule has 0 bridgehead atoms. The number of aromatic nitrogens is 2. The number of nitrogens with one attached hydrogen (secondary N) is 1. The van der Waals surface area contributed by atoms with Crippen LogP contribution in [0.2, 0.25) is 0 Å². The second kappa shape index (κ2) is 7.99. The van der Waals surface area contributed by atoms with Crippen molar-refractivity contribution in [1.29, 1.82) is 0 Å². The summed E-state index contributed by atoms with van der Waals surface area (Å²) in [4.78, 5) is 26.0. The molecule has 156 valence electrons. The van der Waals surface area contributed by atoms with E-state index in [1.807, 2.05) is 6.20 Å². The topological polar surface area (TPSA) is 58.1 Å². The van der Waals surface area contributed by atoms with Crippen LogP contribution in [0, 0.1) is 18.8 Å². The molecule has 1 N–H and O–H groups in total. The minimum absolute atomic E-state index is 0.0216. The van der Waals surface area contributed by atoms with Gasteiger partial charge in [0.05, 0.1) is 17.1 Å². The van der Waals surface area contributed by atoms with Crippen LogP contribution in [-0.4, -0.2) is 29.0 Å². The number of carbonyl (C=O) groups is 1. The predicted molar refractivity (Wildman–Crippen MR) is 123 cm³/mol. The molecule has 0 radical (unpaired) electrons. The first-order chi connectivity index (χ1) is 14.6. The van der Waals surface area contributed by atoms with Crippen molar-refractivity contribution in [3.8, 4) is 0 Å². The first kappa shape index (κ1) is 19.5. The fraction of sp³-hybridized carbons (Fsp3) is 0.458. The number of pyridine rings is 1. The normalized spacial score (nSPS) is 21.5. The minimum atomic E-state index is -0.0216. The Kier molecular flexibility index (Phi) is 5.19. The zero-order valence-electron chi connectivity index (χ0n) is 17.6. The van der Waals surface area contributed by atoms with E-state index in [0.29, 0.717) is 5.92 Å². The predicted octanol–water partition coefficient (Wildman–Crippen LogP) is 4.98. The van der Waals surface area contributed by atoms with Crippen molar-refractivity contribution in [1.82, 2.24) is 9.97 Å². The maximum absolute atomic E-state index is 13.1. The number of hydrogen-bond donors (Lipinski definition) is 1. The van der Waals surface area contributed by atoms with Crippen LogP contribution in [0.15, 0.2) is 30.5 Å². The molecule has 30 heavy (non-hydrogen) atoms. The molecule has 6 heteroatoms. The highest BCUT2D eigenvalue weighted by atomic mass is 32.1. The Bertz CT molecular complexity index is 1090. The number of hydrogen-bond acceptors (Lipinski definition) is 5. The van der Waals surface area contributed by atoms with Gasteiger partial charge in [-0.15, -0.1) is 11.3 Å². The monoisotopic (exact) mass is 420 g/mol. The average molecular weight is 421 g/mol. The molecule has 1 saturated heterocycles. The summed E-state index contributed by atoms with van der Waals surface area (Å²) in [6.45, 7) is 6.11. The van der Waals surface area contributed by atoms with E-state index in [0.717, 1.165) is 49.4 Å². The zero-order valence-corrected chi connectivity index (χ0v) is 18.5. The Labute approximate surface area is 181 Å². The molecule has 1 aliphatic carbocycles. The van der Waals surface area contributed by atoms with Gasteiger partial charge >= 0.3 is 0 Å². The van der Waals surface area contributed by atoms with E-state index in [4.69, 9.17) is 4.98 Å². The third kappa shape index (κ3) is 3.81. The molecule has 1 fully saturated rings. The second-order valence-corrected chi connectivity index (χ2v) is 9.95. The molecule has 5 nitrogen and oxygen atoms in total. The fourth-order valence-electron chi connectivity index (χ4n) is 4.73. The second-order valence-electron chi connectivity index (χ2n) is 8.86. The number of aryl methyl sites for hydroxylation is 2. The van der Waals surface area contributed by atoms with Crippen molar-refractivity contribution in [2.75, 3.05) is 23.3 Å². The average Bonchev–Trinajstić information content (AvgIpc) is 3.14. The summed E-state index contributed by atoms with van der Waals surface area (Å²) >= 11 is 1.67. The number of thiazole rings is 1. The van der Waals surface area contributed by atoms with Crippen molar-refractivity contribution in [3.05, 3.63) is 46.6 Å². The van der Waals surface area contributed by atoms with Crippen molar-refractivity contribution >= 4 is 39.0 Å². The lowest BCUT2D eigenvalue weighted by Gasteiger charge is -2.34. The Balaban J connectivity index is 1.32. The molecule has 3 heterocycles. The SMILES string of the molecule is Cc1ccc2nccc(N3CCCC(C(=O)Nc4nc5c(s4)CC(C)CC5)C3)c2c1. The molecule has 2 aliphatic rings. The molecule has 0 spiro atoms. The summed E-state index contributed by atoms with van der Waals surface area (Å²) in [6, 6.07) is 8.45. The molecule has 2 aromatic heterocycles. The maximum Gasteiger partial charge on any atom is 0.231 e. The lowest BCUT2D eigenvalue weighted by atomic mass is 9.93. The summed E-state index contributed by atoms with van der Waals surface area (Å²) in [6.07, 6.45) is 7.13. The van der Waals surface area contributed by atoms with Crippen LogP contribution in [0.1, 0.15) is 42.3 Å². The molecular weight excluding hydrogens is 392 g/mol. The number of piperidine rings is 1. The van der Waals surface area contributed by atoms with E-state index in [9.17, 15) is 4.79 Å². The van der Waals surface area contributed by atoms with Gasteiger partial charge in [0.15, 0.2) is 5.13 Å². The van der Waals surface area contributed by atoms with Crippen LogP contribution in [0.3, 0.4) is 0 Å². The minimum Gasteiger partial charge on any atom is -0.370 e. The van der Waals surface area contributed by atoms with Gasteiger partial charge in [0.2, 0.25) is 5.91 Å². The number of fused-ring (bicyclic) bond motifs is 2. The molecule has 1 aromatic carbocycles. The third-order valence-corrected chi connectivity index (χ3v) is 7.46. The highest BCUT2D eigenvalue weighted by molar-refractivity contribution is 7.15. The molecule has 1 aliphatic heterocycles. The van der Waals surface area contributed by atoms with Gasteiger partial charge in [0, 0.05) is 35.2 Å². The largest absolute Gasteiger partial charge is 0.370 e. The highest BCUT2D eigenvalue weighted by Gasteiger charge is 2.28. The third-order valence-electron chi connectivity index (χ3n) is 6.42. The van der Waals surface area contributed by atoms with Crippen LogP contribution in [0.5, 0.6) is 0 Å². The highest BCUT2D eigenvalue weighted by Crippen LogP contribution is 2.33. The van der Waals surface area contributed by atoms with Crippen molar-refractivity contribution in [3.63, 3.8) is 0 Å². The lowest BCUT2D eigenvalue weighted by molar-refractivity contribution is -0.120. The number of benzene rings is 1. The summed E-state index contributed by atoms with van der Waals surface area (Å²) in [5.41, 5.74) is 4.61. The van der Waals surface area contributed by atoms with Crippen molar-refractivity contribution in [2.45, 2.75) is 46.0 Å². The van der Waals surface area contributed by atoms with E-state index in [1.54, 1.807) is 11.3 Å².